The minimum absolute atomic E-state index is 0.319. The van der Waals surface area contributed by atoms with Gasteiger partial charge in [0.15, 0.2) is 23.0 Å². The van der Waals surface area contributed by atoms with E-state index in [-0.39, 0.29) is 0 Å². The minimum atomic E-state index is -1.26. The topological polar surface area (TPSA) is 115 Å². The number of rotatable bonds is 6. The number of carbonyl (C=O) groups is 2. The molecule has 9 heteroatoms. The van der Waals surface area contributed by atoms with Crippen LogP contribution >= 0.6 is 0 Å². The van der Waals surface area contributed by atoms with Crippen molar-refractivity contribution in [2.75, 3.05) is 35.0 Å². The maximum Gasteiger partial charge on any atom is 0.328 e. The van der Waals surface area contributed by atoms with Crippen LogP contribution < -0.4 is 18.9 Å². The van der Waals surface area contributed by atoms with E-state index < -0.39 is 11.9 Å². The van der Waals surface area contributed by atoms with Crippen LogP contribution in [-0.2, 0) is 22.6 Å². The Morgan fingerprint density at radius 3 is 2.03 bits per heavy atom. The molecule has 9 nitrogen and oxygen atoms in total. The van der Waals surface area contributed by atoms with Crippen molar-refractivity contribution in [2.45, 2.75) is 31.8 Å². The quantitative estimate of drug-likeness (QED) is 0.592. The molecule has 0 aliphatic carbocycles. The lowest BCUT2D eigenvalue weighted by Crippen LogP contribution is -2.41. The molecule has 2 aromatic carbocycles. The summed E-state index contributed by atoms with van der Waals surface area (Å²) in [6, 6.07) is 8.82. The Labute approximate surface area is 204 Å². The summed E-state index contributed by atoms with van der Waals surface area (Å²) in [6.45, 7) is 4.17. The van der Waals surface area contributed by atoms with Crippen LogP contribution in [0.15, 0.2) is 36.4 Å². The zero-order valence-corrected chi connectivity index (χ0v) is 20.5. The van der Waals surface area contributed by atoms with Gasteiger partial charge in [-0.1, -0.05) is 13.0 Å². The summed E-state index contributed by atoms with van der Waals surface area (Å²) >= 11 is 0. The summed E-state index contributed by atoms with van der Waals surface area (Å²) in [5, 5.41) is 15.6. The standard InChI is InChI=1S/C22H27NO4.C4H4O4/c1-13-15-6-7-18(24-2)22(27-5)17(15)12-23-9-8-14-10-19(25-3)20(26-4)11-16(14)21(13)23;5-3(6)1-2-4(7)8/h6-7,10-11,13,21H,8-9,12H2,1-5H3;1-2H,(H,5,6)(H,7,8)/b;2-1-. The zero-order chi connectivity index (χ0) is 25.7. The molecule has 2 aromatic rings. The van der Waals surface area contributed by atoms with Crippen LogP contribution in [0.5, 0.6) is 23.0 Å². The third kappa shape index (κ3) is 5.35. The summed E-state index contributed by atoms with van der Waals surface area (Å²) in [6.07, 6.45) is 2.12. The Hall–Kier alpha value is -3.72. The molecule has 2 aliphatic heterocycles. The molecule has 0 radical (unpaired) electrons. The molecular formula is C26H31NO8. The van der Waals surface area contributed by atoms with Gasteiger partial charge in [-0.3, -0.25) is 4.90 Å². The first-order chi connectivity index (χ1) is 16.7. The smallest absolute Gasteiger partial charge is 0.328 e. The van der Waals surface area contributed by atoms with Crippen molar-refractivity contribution in [1.29, 1.82) is 0 Å². The van der Waals surface area contributed by atoms with Crippen molar-refractivity contribution in [1.82, 2.24) is 4.90 Å². The van der Waals surface area contributed by atoms with Gasteiger partial charge in [-0.15, -0.1) is 0 Å². The van der Waals surface area contributed by atoms with Gasteiger partial charge in [0.2, 0.25) is 0 Å². The lowest BCUT2D eigenvalue weighted by Gasteiger charge is -2.45. The van der Waals surface area contributed by atoms with Crippen LogP contribution in [0.3, 0.4) is 0 Å². The van der Waals surface area contributed by atoms with Crippen molar-refractivity contribution < 1.29 is 38.7 Å². The maximum absolute atomic E-state index is 9.55. The molecule has 0 amide bonds. The van der Waals surface area contributed by atoms with E-state index in [1.807, 2.05) is 6.07 Å². The summed E-state index contributed by atoms with van der Waals surface area (Å²) in [7, 11) is 6.80. The highest BCUT2D eigenvalue weighted by atomic mass is 16.5. The highest BCUT2D eigenvalue weighted by Gasteiger charge is 2.39. The second-order valence-electron chi connectivity index (χ2n) is 8.24. The molecule has 188 valence electrons. The van der Waals surface area contributed by atoms with Crippen LogP contribution in [0.1, 0.15) is 41.1 Å². The van der Waals surface area contributed by atoms with E-state index in [0.29, 0.717) is 24.1 Å². The van der Waals surface area contributed by atoms with Crippen LogP contribution in [-0.4, -0.2) is 62.0 Å². The molecule has 2 aliphatic rings. The van der Waals surface area contributed by atoms with Crippen LogP contribution in [0.2, 0.25) is 0 Å². The van der Waals surface area contributed by atoms with Gasteiger partial charge in [-0.05, 0) is 41.3 Å². The number of methoxy groups -OCH3 is 4. The predicted octanol–water partition coefficient (Wildman–Crippen LogP) is 3.65. The van der Waals surface area contributed by atoms with E-state index in [9.17, 15) is 9.59 Å². The van der Waals surface area contributed by atoms with Crippen molar-refractivity contribution in [3.63, 3.8) is 0 Å². The molecule has 2 heterocycles. The van der Waals surface area contributed by atoms with Crippen LogP contribution in [0.4, 0.5) is 0 Å². The molecule has 2 unspecified atom stereocenters. The largest absolute Gasteiger partial charge is 0.493 e. The number of hydrogen-bond acceptors (Lipinski definition) is 7. The number of carboxylic acids is 2. The normalized spacial score (nSPS) is 18.3. The van der Waals surface area contributed by atoms with Crippen molar-refractivity contribution >= 4 is 11.9 Å². The highest BCUT2D eigenvalue weighted by Crippen LogP contribution is 2.50. The van der Waals surface area contributed by atoms with Gasteiger partial charge in [0, 0.05) is 42.8 Å². The average molecular weight is 486 g/mol. The first-order valence-electron chi connectivity index (χ1n) is 11.1. The third-order valence-corrected chi connectivity index (χ3v) is 6.40. The number of hydrogen-bond donors (Lipinski definition) is 2. The molecule has 4 rings (SSSR count). The molecular weight excluding hydrogens is 454 g/mol. The maximum atomic E-state index is 9.55. The summed E-state index contributed by atoms with van der Waals surface area (Å²) in [5.41, 5.74) is 5.26. The predicted molar refractivity (Wildman–Crippen MR) is 129 cm³/mol. The monoisotopic (exact) mass is 485 g/mol. The number of benzene rings is 2. The summed E-state index contributed by atoms with van der Waals surface area (Å²) in [5.74, 6) is 1.08. The van der Waals surface area contributed by atoms with E-state index >= 15 is 0 Å². The van der Waals surface area contributed by atoms with Gasteiger partial charge in [0.05, 0.1) is 28.4 Å². The Bertz CT molecular complexity index is 1110. The lowest BCUT2D eigenvalue weighted by molar-refractivity contribution is -0.134. The van der Waals surface area contributed by atoms with Gasteiger partial charge in [-0.2, -0.15) is 0 Å². The lowest BCUT2D eigenvalue weighted by atomic mass is 9.77. The van der Waals surface area contributed by atoms with Crippen LogP contribution in [0.25, 0.3) is 0 Å². The molecule has 35 heavy (non-hydrogen) atoms. The number of ether oxygens (including phenoxy) is 4. The van der Waals surface area contributed by atoms with E-state index in [1.165, 1.54) is 22.3 Å². The molecule has 0 bridgehead atoms. The first kappa shape index (κ1) is 25.9. The molecule has 0 saturated heterocycles. The van der Waals surface area contributed by atoms with Gasteiger partial charge in [-0.25, -0.2) is 9.59 Å². The molecule has 0 saturated carbocycles. The SMILES string of the molecule is COc1cc2c(cc1OC)C1C(C)c3ccc(OC)c(OC)c3CN1CC2.O=C(O)/C=C\C(=O)O. The van der Waals surface area contributed by atoms with Crippen molar-refractivity contribution in [2.24, 2.45) is 0 Å². The zero-order valence-electron chi connectivity index (χ0n) is 20.5. The van der Waals surface area contributed by atoms with E-state index in [0.717, 1.165) is 42.5 Å². The summed E-state index contributed by atoms with van der Waals surface area (Å²) < 4.78 is 22.3. The molecule has 0 aromatic heterocycles. The fraction of sp³-hybridized carbons (Fsp3) is 0.385. The van der Waals surface area contributed by atoms with Crippen LogP contribution in [0, 0.1) is 0 Å². The third-order valence-electron chi connectivity index (χ3n) is 6.40. The number of aliphatic carboxylic acids is 2. The van der Waals surface area contributed by atoms with E-state index in [4.69, 9.17) is 29.2 Å². The van der Waals surface area contributed by atoms with Crippen molar-refractivity contribution in [3.05, 3.63) is 58.7 Å². The second-order valence-corrected chi connectivity index (χ2v) is 8.24. The molecule has 2 atom stereocenters. The highest BCUT2D eigenvalue weighted by molar-refractivity contribution is 5.89. The molecule has 2 N–H and O–H groups in total. The van der Waals surface area contributed by atoms with E-state index in [1.54, 1.807) is 28.4 Å². The Morgan fingerprint density at radius 2 is 1.49 bits per heavy atom. The first-order valence-corrected chi connectivity index (χ1v) is 11.1. The average Bonchev–Trinajstić information content (AvgIpc) is 2.85. The Kier molecular flexibility index (Phi) is 8.24. The second kappa shape index (κ2) is 11.1. The summed E-state index contributed by atoms with van der Waals surface area (Å²) in [4.78, 5) is 21.7. The fourth-order valence-corrected chi connectivity index (χ4v) is 4.90. The van der Waals surface area contributed by atoms with E-state index in [2.05, 4.69) is 30.0 Å². The van der Waals surface area contributed by atoms with Gasteiger partial charge >= 0.3 is 11.9 Å². The van der Waals surface area contributed by atoms with Gasteiger partial charge in [0.1, 0.15) is 0 Å². The fourth-order valence-electron chi connectivity index (χ4n) is 4.90. The number of carboxylic acid groups (broad SMARTS) is 2. The Balaban J connectivity index is 0.000000371. The minimum Gasteiger partial charge on any atom is -0.493 e. The van der Waals surface area contributed by atoms with Gasteiger partial charge in [0.25, 0.3) is 0 Å². The number of nitrogens with zero attached hydrogens (tertiary/aromatic N) is 1. The molecule has 0 fully saturated rings. The number of fused-ring (bicyclic) bond motifs is 4. The Morgan fingerprint density at radius 1 is 0.886 bits per heavy atom. The van der Waals surface area contributed by atoms with Crippen molar-refractivity contribution in [3.8, 4) is 23.0 Å². The van der Waals surface area contributed by atoms with Gasteiger partial charge < -0.3 is 29.2 Å². The molecule has 0 spiro atoms.